The van der Waals surface area contributed by atoms with Gasteiger partial charge in [-0.25, -0.2) is 0 Å². The molecule has 256 valence electrons. The molecule has 4 aromatic rings. The number of phenols is 1. The van der Waals surface area contributed by atoms with Gasteiger partial charge in [-0.05, 0) is 53.1 Å². The van der Waals surface area contributed by atoms with Crippen LogP contribution in [0.15, 0.2) is 48.9 Å². The number of benzene rings is 2. The highest BCUT2D eigenvalue weighted by Crippen LogP contribution is 2.40. The van der Waals surface area contributed by atoms with Crippen molar-refractivity contribution >= 4 is 16.7 Å². The predicted molar refractivity (Wildman–Crippen MR) is 183 cm³/mol. The number of aliphatic hydroxyl groups excluding tert-OH is 3. The predicted octanol–water partition coefficient (Wildman–Crippen LogP) is 3.97. The minimum atomic E-state index is -1.10. The first kappa shape index (κ1) is 34.1. The fourth-order valence-electron chi connectivity index (χ4n) is 6.50. The van der Waals surface area contributed by atoms with Gasteiger partial charge in [0.05, 0.1) is 29.8 Å². The second-order valence-corrected chi connectivity index (χ2v) is 12.9. The molecule has 6 rings (SSSR count). The lowest BCUT2D eigenvalue weighted by atomic mass is 9.93. The Hall–Kier alpha value is -4.75. The van der Waals surface area contributed by atoms with Crippen molar-refractivity contribution in [1.82, 2.24) is 9.55 Å². The summed E-state index contributed by atoms with van der Waals surface area (Å²) in [5, 5.41) is 43.4. The van der Waals surface area contributed by atoms with E-state index in [1.165, 1.54) is 6.07 Å². The smallest absolute Gasteiger partial charge is 0.190 e. The quantitative estimate of drug-likeness (QED) is 0.0970. The van der Waals surface area contributed by atoms with Gasteiger partial charge in [-0.15, -0.1) is 0 Å². The number of aromatic amines is 1. The third-order valence-corrected chi connectivity index (χ3v) is 9.12. The van der Waals surface area contributed by atoms with Crippen LogP contribution in [0.3, 0.4) is 0 Å². The number of phenolic OH excluding ortho intramolecular Hbond substituents is 1. The molecule has 2 aliphatic rings. The Bertz CT molecular complexity index is 1960. The SMILES string of the molecule is CCC[C@H](O)C[C@@H](O)CC(=O)CCc1cc2c(cc1O)OC#CC[C@H]1C#C[C@@H](O)c3ccc(C(N)N)cc3Cc3c[nH]c4cn(cc34)[C@H]1O2. The Balaban J connectivity index is 1.31. The zero-order chi connectivity index (χ0) is 34.7. The summed E-state index contributed by atoms with van der Waals surface area (Å²) < 4.78 is 14.3. The number of nitrogens with two attached hydrogens (primary N) is 2. The maximum Gasteiger partial charge on any atom is 0.190 e. The van der Waals surface area contributed by atoms with Crippen molar-refractivity contribution in [3.05, 3.63) is 76.7 Å². The number of ketones is 1. The molecule has 11 nitrogen and oxygen atoms in total. The van der Waals surface area contributed by atoms with E-state index in [2.05, 4.69) is 28.9 Å². The largest absolute Gasteiger partial charge is 0.508 e. The molecule has 2 aromatic carbocycles. The van der Waals surface area contributed by atoms with E-state index in [1.54, 1.807) is 12.1 Å². The zero-order valence-corrected chi connectivity index (χ0v) is 27.4. The number of aliphatic hydroxyl groups is 3. The molecule has 0 aliphatic carbocycles. The fraction of sp³-hybridized carbons (Fsp3) is 0.395. The minimum Gasteiger partial charge on any atom is -0.508 e. The monoisotopic (exact) mass is 666 g/mol. The highest BCUT2D eigenvalue weighted by atomic mass is 16.5. The lowest BCUT2D eigenvalue weighted by molar-refractivity contribution is -0.121. The van der Waals surface area contributed by atoms with E-state index in [0.29, 0.717) is 29.7 Å². The Morgan fingerprint density at radius 1 is 1.10 bits per heavy atom. The second-order valence-electron chi connectivity index (χ2n) is 12.9. The molecule has 0 saturated carbocycles. The van der Waals surface area contributed by atoms with Crippen LogP contribution in [0.2, 0.25) is 0 Å². The molecule has 2 aromatic heterocycles. The molecular formula is C38H42N4O7. The van der Waals surface area contributed by atoms with E-state index in [9.17, 15) is 25.2 Å². The van der Waals surface area contributed by atoms with E-state index < -0.39 is 36.6 Å². The molecule has 0 saturated heterocycles. The molecule has 2 aliphatic heterocycles. The number of rotatable bonds is 10. The molecule has 0 spiro atoms. The number of aromatic hydroxyl groups is 1. The van der Waals surface area contributed by atoms with Crippen LogP contribution in [0.4, 0.5) is 0 Å². The van der Waals surface area contributed by atoms with Crippen molar-refractivity contribution in [2.24, 2.45) is 17.4 Å². The number of aryl methyl sites for hydroxylation is 1. The van der Waals surface area contributed by atoms with Gasteiger partial charge in [-0.1, -0.05) is 49.3 Å². The molecule has 5 atom stereocenters. The van der Waals surface area contributed by atoms with Crippen LogP contribution in [-0.4, -0.2) is 48.0 Å². The molecule has 0 unspecified atom stereocenters. The third kappa shape index (κ3) is 7.78. The van der Waals surface area contributed by atoms with Crippen molar-refractivity contribution < 1.29 is 34.7 Å². The molecule has 0 fully saturated rings. The molecule has 0 radical (unpaired) electrons. The van der Waals surface area contributed by atoms with Crippen LogP contribution in [0.25, 0.3) is 10.9 Å². The van der Waals surface area contributed by atoms with E-state index in [4.69, 9.17) is 20.9 Å². The van der Waals surface area contributed by atoms with Gasteiger partial charge in [0.25, 0.3) is 0 Å². The number of carbonyl (C=O) groups is 1. The lowest BCUT2D eigenvalue weighted by Gasteiger charge is -2.26. The van der Waals surface area contributed by atoms with Gasteiger partial charge in [0.1, 0.15) is 23.7 Å². The van der Waals surface area contributed by atoms with Crippen molar-refractivity contribution in [1.29, 1.82) is 0 Å². The number of nitrogens with one attached hydrogen (secondary N) is 1. The molecular weight excluding hydrogens is 624 g/mol. The van der Waals surface area contributed by atoms with Gasteiger partial charge >= 0.3 is 0 Å². The van der Waals surface area contributed by atoms with Crippen molar-refractivity contribution in [3.63, 3.8) is 0 Å². The third-order valence-electron chi connectivity index (χ3n) is 9.12. The minimum absolute atomic E-state index is 0.0780. The van der Waals surface area contributed by atoms with E-state index in [0.717, 1.165) is 34.0 Å². The van der Waals surface area contributed by atoms with E-state index in [1.807, 2.05) is 42.2 Å². The zero-order valence-electron chi connectivity index (χ0n) is 27.4. The summed E-state index contributed by atoms with van der Waals surface area (Å²) in [4.78, 5) is 16.1. The Morgan fingerprint density at radius 2 is 1.94 bits per heavy atom. The molecule has 0 amide bonds. The first-order valence-electron chi connectivity index (χ1n) is 16.6. The Kier molecular flexibility index (Phi) is 10.3. The fourth-order valence-corrected chi connectivity index (χ4v) is 6.50. The van der Waals surface area contributed by atoms with Crippen LogP contribution < -0.4 is 20.9 Å². The van der Waals surface area contributed by atoms with Crippen LogP contribution in [0, 0.1) is 29.8 Å². The lowest BCUT2D eigenvalue weighted by Crippen LogP contribution is -2.23. The highest BCUT2D eigenvalue weighted by Gasteiger charge is 2.28. The molecule has 9 N–H and O–H groups in total. The van der Waals surface area contributed by atoms with Crippen molar-refractivity contribution in [2.75, 3.05) is 0 Å². The van der Waals surface area contributed by atoms with Gasteiger partial charge < -0.3 is 50.9 Å². The summed E-state index contributed by atoms with van der Waals surface area (Å²) >= 11 is 0. The molecule has 49 heavy (non-hydrogen) atoms. The van der Waals surface area contributed by atoms with Crippen LogP contribution in [-0.2, 0) is 17.6 Å². The Morgan fingerprint density at radius 3 is 2.73 bits per heavy atom. The van der Waals surface area contributed by atoms with Crippen molar-refractivity contribution in [3.8, 4) is 41.1 Å². The number of nitrogens with zero attached hydrogens (tertiary/aromatic N) is 1. The van der Waals surface area contributed by atoms with E-state index in [-0.39, 0.29) is 49.4 Å². The average Bonchev–Trinajstić information content (AvgIpc) is 3.66. The summed E-state index contributed by atoms with van der Waals surface area (Å²) in [6.45, 7) is 1.95. The summed E-state index contributed by atoms with van der Waals surface area (Å²) in [5.74, 6) is 9.00. The number of ether oxygens (including phenoxy) is 2. The van der Waals surface area contributed by atoms with Gasteiger partial charge in [-0.2, -0.15) is 0 Å². The first-order chi connectivity index (χ1) is 23.6. The number of fused-ring (bicyclic) bond motifs is 5. The summed E-state index contributed by atoms with van der Waals surface area (Å²) in [5.41, 5.74) is 16.6. The van der Waals surface area contributed by atoms with Crippen molar-refractivity contribution in [2.45, 2.75) is 89.0 Å². The molecule has 11 heteroatoms. The number of carbonyl (C=O) groups excluding carboxylic acids is 1. The second kappa shape index (κ2) is 14.8. The summed E-state index contributed by atoms with van der Waals surface area (Å²) in [7, 11) is 0. The summed E-state index contributed by atoms with van der Waals surface area (Å²) in [6, 6.07) is 8.59. The number of Topliss-reactive ketones (excluding diaryl/α,β-unsaturated/α-hetero) is 1. The summed E-state index contributed by atoms with van der Waals surface area (Å²) in [6.07, 6.45) is 6.98. The standard InChI is InChI=1S/C38H42N4O7/c1-2-4-27(43)16-29(45)17-28(44)9-6-23-15-36-35(18-34(23)47)48-12-3-5-22-8-11-33(46)30-10-7-24(37(39)40)13-25(30)14-26-19-41-32-21-42(20-31(26)32)38(22)49-36/h7,10,13,15,18-22,27,29,33,37-38,41,43,45-47H,2,4-6,9,14,16-17,39-40H2,1H3/t22-,27-,29+,33+,38-/m0/s1. The maximum absolute atomic E-state index is 12.7. The van der Waals surface area contributed by atoms with Gasteiger partial charge in [-0.3, -0.25) is 4.79 Å². The van der Waals surface area contributed by atoms with Crippen LogP contribution in [0.1, 0.15) is 91.8 Å². The normalized spacial score (nSPS) is 19.4. The van der Waals surface area contributed by atoms with Gasteiger partial charge in [0.15, 0.2) is 17.7 Å². The highest BCUT2D eigenvalue weighted by molar-refractivity contribution is 5.83. The first-order valence-corrected chi connectivity index (χ1v) is 16.6. The topological polar surface area (TPSA) is 189 Å². The molecule has 4 heterocycles. The van der Waals surface area contributed by atoms with Crippen LogP contribution >= 0.6 is 0 Å². The number of H-pyrrole nitrogens is 1. The number of hydrogen-bond acceptors (Lipinski definition) is 9. The number of aromatic nitrogens is 2. The van der Waals surface area contributed by atoms with Gasteiger partial charge in [0, 0.05) is 55.7 Å². The van der Waals surface area contributed by atoms with Gasteiger partial charge in [0.2, 0.25) is 0 Å². The van der Waals surface area contributed by atoms with Crippen LogP contribution in [0.5, 0.6) is 17.2 Å². The number of hydrogen-bond donors (Lipinski definition) is 7. The van der Waals surface area contributed by atoms with E-state index >= 15 is 0 Å². The maximum atomic E-state index is 12.7. The average molecular weight is 667 g/mol. The Labute approximate surface area is 284 Å². The molecule has 2 bridgehead atoms.